The highest BCUT2D eigenvalue weighted by molar-refractivity contribution is 5.95. The summed E-state index contributed by atoms with van der Waals surface area (Å²) in [4.78, 5) is 58.6. The Kier molecular flexibility index (Phi) is 12.1. The Balaban J connectivity index is 5.34. The Morgan fingerprint density at radius 2 is 1.38 bits per heavy atom. The van der Waals surface area contributed by atoms with Crippen LogP contribution in [0.4, 0.5) is 0 Å². The van der Waals surface area contributed by atoms with Crippen LogP contribution < -0.4 is 27.4 Å². The molecule has 13 nitrogen and oxygen atoms in total. The molecule has 0 heterocycles. The molecule has 0 aromatic rings. The predicted octanol–water partition coefficient (Wildman–Crippen LogP) is -3.53. The number of aliphatic hydroxyl groups is 1. The summed E-state index contributed by atoms with van der Waals surface area (Å²) in [6.45, 7) is 0.800. The Bertz CT molecular complexity index is 598. The monoisotopic (exact) mass is 419 g/mol. The van der Waals surface area contributed by atoms with E-state index >= 15 is 0 Å². The van der Waals surface area contributed by atoms with Crippen LogP contribution in [0.15, 0.2) is 0 Å². The number of carboxylic acid groups (broad SMARTS) is 2. The molecule has 166 valence electrons. The fourth-order valence-electron chi connectivity index (χ4n) is 2.18. The third-order valence-corrected chi connectivity index (χ3v) is 3.80. The van der Waals surface area contributed by atoms with Crippen LogP contribution in [-0.2, 0) is 24.0 Å². The summed E-state index contributed by atoms with van der Waals surface area (Å²) in [5, 5.41) is 33.5. The maximum Gasteiger partial charge on any atom is 0.328 e. The van der Waals surface area contributed by atoms with Crippen molar-refractivity contribution in [2.24, 2.45) is 11.5 Å². The number of amides is 3. The molecule has 0 aromatic heterocycles. The van der Waals surface area contributed by atoms with E-state index in [0.29, 0.717) is 19.4 Å². The molecule has 13 heteroatoms. The topological polar surface area (TPSA) is 234 Å². The zero-order chi connectivity index (χ0) is 22.6. The van der Waals surface area contributed by atoms with Crippen molar-refractivity contribution in [1.82, 2.24) is 16.0 Å². The molecule has 0 aromatic carbocycles. The van der Waals surface area contributed by atoms with Crippen molar-refractivity contribution in [3.05, 3.63) is 0 Å². The minimum atomic E-state index is -1.58. The molecular weight excluding hydrogens is 390 g/mol. The molecule has 29 heavy (non-hydrogen) atoms. The molecule has 3 amide bonds. The average Bonchev–Trinajstić information content (AvgIpc) is 2.63. The molecule has 0 aliphatic heterocycles. The van der Waals surface area contributed by atoms with Crippen LogP contribution in [0.2, 0.25) is 0 Å². The van der Waals surface area contributed by atoms with Crippen LogP contribution in [0.25, 0.3) is 0 Å². The second-order valence-corrected chi connectivity index (χ2v) is 6.38. The van der Waals surface area contributed by atoms with Crippen LogP contribution in [0, 0.1) is 0 Å². The lowest BCUT2D eigenvalue weighted by Gasteiger charge is -2.24. The van der Waals surface area contributed by atoms with Crippen molar-refractivity contribution in [3.63, 3.8) is 0 Å². The maximum absolute atomic E-state index is 12.5. The Labute approximate surface area is 167 Å². The third-order valence-electron chi connectivity index (χ3n) is 3.80. The van der Waals surface area contributed by atoms with Crippen LogP contribution in [0.1, 0.15) is 32.6 Å². The molecule has 0 fully saturated rings. The van der Waals surface area contributed by atoms with E-state index in [1.54, 1.807) is 0 Å². The van der Waals surface area contributed by atoms with E-state index in [2.05, 4.69) is 16.0 Å². The maximum atomic E-state index is 12.5. The number of aliphatic hydroxyl groups excluding tert-OH is 1. The highest BCUT2D eigenvalue weighted by Crippen LogP contribution is 2.04. The number of carbonyl (C=O) groups excluding carboxylic acids is 3. The van der Waals surface area contributed by atoms with E-state index in [4.69, 9.17) is 26.8 Å². The third kappa shape index (κ3) is 10.4. The number of aliphatic carboxylic acids is 2. The molecule has 0 saturated heterocycles. The van der Waals surface area contributed by atoms with Gasteiger partial charge in [0, 0.05) is 0 Å². The molecule has 4 unspecified atom stereocenters. The molecule has 0 rings (SSSR count). The number of carboxylic acids is 2. The van der Waals surface area contributed by atoms with Gasteiger partial charge in [-0.15, -0.1) is 0 Å². The van der Waals surface area contributed by atoms with Crippen molar-refractivity contribution in [1.29, 1.82) is 0 Å². The average molecular weight is 419 g/mol. The zero-order valence-corrected chi connectivity index (χ0v) is 16.1. The summed E-state index contributed by atoms with van der Waals surface area (Å²) in [5.74, 6) is -5.44. The summed E-state index contributed by atoms with van der Waals surface area (Å²) in [7, 11) is 0. The first kappa shape index (κ1) is 26.2. The van der Waals surface area contributed by atoms with Gasteiger partial charge in [-0.05, 0) is 32.7 Å². The smallest absolute Gasteiger partial charge is 0.328 e. The zero-order valence-electron chi connectivity index (χ0n) is 16.1. The summed E-state index contributed by atoms with van der Waals surface area (Å²) >= 11 is 0. The molecule has 10 N–H and O–H groups in total. The van der Waals surface area contributed by atoms with Gasteiger partial charge < -0.3 is 42.7 Å². The van der Waals surface area contributed by atoms with E-state index in [0.717, 1.165) is 0 Å². The van der Waals surface area contributed by atoms with Crippen molar-refractivity contribution < 1.29 is 39.3 Å². The Hall–Kier alpha value is -2.77. The highest BCUT2D eigenvalue weighted by atomic mass is 16.4. The van der Waals surface area contributed by atoms with Crippen molar-refractivity contribution in [3.8, 4) is 0 Å². The van der Waals surface area contributed by atoms with Gasteiger partial charge in [0.15, 0.2) is 0 Å². The van der Waals surface area contributed by atoms with E-state index in [1.165, 1.54) is 6.92 Å². The van der Waals surface area contributed by atoms with Gasteiger partial charge in [0.25, 0.3) is 0 Å². The van der Waals surface area contributed by atoms with Gasteiger partial charge in [-0.1, -0.05) is 0 Å². The number of rotatable bonds is 14. The van der Waals surface area contributed by atoms with Crippen molar-refractivity contribution in [2.75, 3.05) is 13.2 Å². The molecule has 0 aliphatic carbocycles. The van der Waals surface area contributed by atoms with Crippen molar-refractivity contribution >= 4 is 29.7 Å². The lowest BCUT2D eigenvalue weighted by Crippen LogP contribution is -2.57. The summed E-state index contributed by atoms with van der Waals surface area (Å²) in [6, 6.07) is -5.30. The molecule has 0 aliphatic rings. The van der Waals surface area contributed by atoms with Gasteiger partial charge in [0.1, 0.15) is 18.1 Å². The number of hydrogen-bond acceptors (Lipinski definition) is 8. The van der Waals surface area contributed by atoms with Gasteiger partial charge in [-0.25, -0.2) is 4.79 Å². The van der Waals surface area contributed by atoms with Crippen molar-refractivity contribution in [2.45, 2.75) is 56.8 Å². The largest absolute Gasteiger partial charge is 0.481 e. The summed E-state index contributed by atoms with van der Waals surface area (Å²) < 4.78 is 0. The van der Waals surface area contributed by atoms with Crippen LogP contribution in [-0.4, -0.2) is 82.3 Å². The van der Waals surface area contributed by atoms with Crippen LogP contribution in [0.5, 0.6) is 0 Å². The quantitative estimate of drug-likeness (QED) is 0.129. The molecule has 4 atom stereocenters. The normalized spacial score (nSPS) is 14.8. The highest BCUT2D eigenvalue weighted by Gasteiger charge is 2.30. The Morgan fingerprint density at radius 1 is 0.862 bits per heavy atom. The predicted molar refractivity (Wildman–Crippen MR) is 99.3 cm³/mol. The first-order valence-electron chi connectivity index (χ1n) is 8.95. The molecule has 0 spiro atoms. The van der Waals surface area contributed by atoms with Crippen LogP contribution >= 0.6 is 0 Å². The van der Waals surface area contributed by atoms with Crippen LogP contribution in [0.3, 0.4) is 0 Å². The molecule has 0 radical (unpaired) electrons. The molecule has 0 bridgehead atoms. The minimum absolute atomic E-state index is 0.0770. The van der Waals surface area contributed by atoms with Gasteiger partial charge in [-0.3, -0.25) is 19.2 Å². The number of nitrogens with two attached hydrogens (primary N) is 2. The second-order valence-electron chi connectivity index (χ2n) is 6.38. The van der Waals surface area contributed by atoms with Gasteiger partial charge in [-0.2, -0.15) is 0 Å². The first-order valence-corrected chi connectivity index (χ1v) is 8.95. The number of carbonyl (C=O) groups is 5. The lowest BCUT2D eigenvalue weighted by molar-refractivity contribution is -0.144. The standard InChI is InChI=1S/C16H29N5O8/c1-8(18)13(25)20-10(6-12(23)24)15(27)19-9(4-2-3-5-17)14(26)21-11(7-22)16(28)29/h8-11,22H,2-7,17-18H2,1H3,(H,19,27)(H,20,25)(H,21,26)(H,23,24)(H,28,29). The van der Waals surface area contributed by atoms with E-state index in [1.807, 2.05) is 0 Å². The summed E-state index contributed by atoms with van der Waals surface area (Å²) in [5.41, 5.74) is 10.8. The van der Waals surface area contributed by atoms with E-state index in [9.17, 15) is 24.0 Å². The fraction of sp³-hybridized carbons (Fsp3) is 0.688. The van der Waals surface area contributed by atoms with Gasteiger partial charge in [0.05, 0.1) is 19.1 Å². The van der Waals surface area contributed by atoms with E-state index in [-0.39, 0.29) is 6.42 Å². The lowest BCUT2D eigenvalue weighted by atomic mass is 10.1. The number of unbranched alkanes of at least 4 members (excludes halogenated alkanes) is 1. The van der Waals surface area contributed by atoms with Gasteiger partial charge in [0.2, 0.25) is 17.7 Å². The number of nitrogens with one attached hydrogen (secondary N) is 3. The summed E-state index contributed by atoms with van der Waals surface area (Å²) in [6.07, 6.45) is 0.243. The number of hydrogen-bond donors (Lipinski definition) is 8. The van der Waals surface area contributed by atoms with E-state index < -0.39 is 66.9 Å². The fourth-order valence-corrected chi connectivity index (χ4v) is 2.18. The molecule has 0 saturated carbocycles. The minimum Gasteiger partial charge on any atom is -0.481 e. The SMILES string of the molecule is CC(N)C(=O)NC(CC(=O)O)C(=O)NC(CCCCN)C(=O)NC(CO)C(=O)O. The Morgan fingerprint density at radius 3 is 1.83 bits per heavy atom. The van der Waals surface area contributed by atoms with Gasteiger partial charge >= 0.3 is 11.9 Å². The second kappa shape index (κ2) is 13.4. The first-order chi connectivity index (χ1) is 13.5. The molecular formula is C16H29N5O8.